The third-order valence-electron chi connectivity index (χ3n) is 3.50. The number of benzene rings is 1. The van der Waals surface area contributed by atoms with Gasteiger partial charge in [0, 0.05) is 31.0 Å². The van der Waals surface area contributed by atoms with Crippen LogP contribution >= 0.6 is 0 Å². The number of imidazole rings is 1. The quantitative estimate of drug-likeness (QED) is 0.887. The molecule has 4 heteroatoms. The zero-order chi connectivity index (χ0) is 15.2. The lowest BCUT2D eigenvalue weighted by molar-refractivity contribution is 0.0952. The van der Waals surface area contributed by atoms with Gasteiger partial charge in [0.2, 0.25) is 0 Å². The summed E-state index contributed by atoms with van der Waals surface area (Å²) in [6.07, 6.45) is 4.76. The Hall–Kier alpha value is -2.10. The van der Waals surface area contributed by atoms with Gasteiger partial charge in [-0.1, -0.05) is 26.0 Å². The van der Waals surface area contributed by atoms with Crippen molar-refractivity contribution in [3.05, 3.63) is 53.6 Å². The molecule has 0 aliphatic rings. The van der Waals surface area contributed by atoms with E-state index in [1.165, 1.54) is 0 Å². The number of aromatic nitrogens is 2. The highest BCUT2D eigenvalue weighted by Gasteiger charge is 2.06. The fourth-order valence-corrected chi connectivity index (χ4v) is 2.11. The molecular formula is C17H23N3O. The highest BCUT2D eigenvalue weighted by molar-refractivity contribution is 5.94. The summed E-state index contributed by atoms with van der Waals surface area (Å²) in [5, 5.41) is 2.95. The Morgan fingerprint density at radius 2 is 2.00 bits per heavy atom. The van der Waals surface area contributed by atoms with E-state index < -0.39 is 0 Å². The minimum atomic E-state index is 0.000936. The zero-order valence-corrected chi connectivity index (χ0v) is 13.0. The lowest BCUT2D eigenvalue weighted by Gasteiger charge is -2.08. The van der Waals surface area contributed by atoms with Gasteiger partial charge in [0.15, 0.2) is 0 Å². The van der Waals surface area contributed by atoms with Crippen LogP contribution in [-0.4, -0.2) is 22.0 Å². The highest BCUT2D eigenvalue weighted by Crippen LogP contribution is 2.08. The van der Waals surface area contributed by atoms with Crippen molar-refractivity contribution in [2.24, 2.45) is 5.92 Å². The maximum atomic E-state index is 12.0. The molecule has 2 aromatic rings. The molecule has 0 saturated carbocycles. The van der Waals surface area contributed by atoms with Crippen molar-refractivity contribution in [1.82, 2.24) is 14.9 Å². The van der Waals surface area contributed by atoms with Crippen LogP contribution in [0.1, 0.15) is 42.0 Å². The molecule has 112 valence electrons. The molecule has 1 aromatic carbocycles. The third kappa shape index (κ3) is 4.45. The topological polar surface area (TPSA) is 46.9 Å². The van der Waals surface area contributed by atoms with Crippen LogP contribution in [0, 0.1) is 12.8 Å². The smallest absolute Gasteiger partial charge is 0.251 e. The Morgan fingerprint density at radius 1 is 1.29 bits per heavy atom. The molecule has 1 heterocycles. The molecule has 0 fully saturated rings. The van der Waals surface area contributed by atoms with Crippen molar-refractivity contribution in [3.63, 3.8) is 0 Å². The second-order valence-electron chi connectivity index (χ2n) is 5.74. The number of nitrogens with one attached hydrogen (secondary N) is 1. The van der Waals surface area contributed by atoms with E-state index in [0.29, 0.717) is 11.5 Å². The number of hydrogen-bond donors (Lipinski definition) is 1. The molecule has 0 bridgehead atoms. The molecule has 1 N–H and O–H groups in total. The molecule has 0 aliphatic heterocycles. The van der Waals surface area contributed by atoms with E-state index in [-0.39, 0.29) is 5.91 Å². The zero-order valence-electron chi connectivity index (χ0n) is 13.0. The normalized spacial score (nSPS) is 10.9. The predicted molar refractivity (Wildman–Crippen MR) is 84.3 cm³/mol. The van der Waals surface area contributed by atoms with Gasteiger partial charge in [0.05, 0.1) is 0 Å². The van der Waals surface area contributed by atoms with Gasteiger partial charge in [-0.25, -0.2) is 4.98 Å². The first-order valence-corrected chi connectivity index (χ1v) is 7.41. The number of nitrogens with zero attached hydrogens (tertiary/aromatic N) is 2. The molecule has 0 radical (unpaired) electrons. The van der Waals surface area contributed by atoms with Crippen LogP contribution in [0.15, 0.2) is 36.7 Å². The summed E-state index contributed by atoms with van der Waals surface area (Å²) >= 11 is 0. The highest BCUT2D eigenvalue weighted by atomic mass is 16.1. The molecule has 2 rings (SSSR count). The average molecular weight is 285 g/mol. The Labute approximate surface area is 126 Å². The van der Waals surface area contributed by atoms with Crippen molar-refractivity contribution < 1.29 is 4.79 Å². The Kier molecular flexibility index (Phi) is 5.14. The average Bonchev–Trinajstić information content (AvgIpc) is 2.84. The van der Waals surface area contributed by atoms with Crippen LogP contribution in [0.25, 0.3) is 0 Å². The van der Waals surface area contributed by atoms with Crippen molar-refractivity contribution >= 4 is 5.91 Å². The fraction of sp³-hybridized carbons (Fsp3) is 0.412. The number of carbonyl (C=O) groups is 1. The summed E-state index contributed by atoms with van der Waals surface area (Å²) in [6, 6.07) is 7.76. The molecule has 1 aromatic heterocycles. The number of hydrogen-bond acceptors (Lipinski definition) is 2. The van der Waals surface area contributed by atoms with Gasteiger partial charge in [-0.2, -0.15) is 0 Å². The van der Waals surface area contributed by atoms with E-state index in [4.69, 9.17) is 0 Å². The standard InChI is InChI=1S/C17H23N3O/c1-13(2)8-9-19-17(21)16-6-4-15(5-7-16)12-20-11-10-18-14(20)3/h4-7,10-11,13H,8-9,12H2,1-3H3,(H,19,21). The van der Waals surface area contributed by atoms with Crippen LogP contribution in [0.5, 0.6) is 0 Å². The SMILES string of the molecule is Cc1nccn1Cc1ccc(C(=O)NCCC(C)C)cc1. The predicted octanol–water partition coefficient (Wildman–Crippen LogP) is 3.02. The summed E-state index contributed by atoms with van der Waals surface area (Å²) in [6.45, 7) is 7.79. The van der Waals surface area contributed by atoms with Crippen molar-refractivity contribution in [1.29, 1.82) is 0 Å². The lowest BCUT2D eigenvalue weighted by atomic mass is 10.1. The van der Waals surface area contributed by atoms with E-state index in [1.54, 1.807) is 6.20 Å². The summed E-state index contributed by atoms with van der Waals surface area (Å²) in [4.78, 5) is 16.2. The van der Waals surface area contributed by atoms with Crippen molar-refractivity contribution in [2.45, 2.75) is 33.7 Å². The number of rotatable bonds is 6. The van der Waals surface area contributed by atoms with Crippen molar-refractivity contribution in [3.8, 4) is 0 Å². The Balaban J connectivity index is 1.92. The molecule has 0 atom stereocenters. The fourth-order valence-electron chi connectivity index (χ4n) is 2.11. The molecule has 21 heavy (non-hydrogen) atoms. The van der Waals surface area contributed by atoms with Gasteiger partial charge in [0.1, 0.15) is 5.82 Å². The molecular weight excluding hydrogens is 262 g/mol. The maximum Gasteiger partial charge on any atom is 0.251 e. The van der Waals surface area contributed by atoms with Crippen LogP contribution in [-0.2, 0) is 6.54 Å². The first-order valence-electron chi connectivity index (χ1n) is 7.41. The van der Waals surface area contributed by atoms with Crippen LogP contribution < -0.4 is 5.32 Å². The van der Waals surface area contributed by atoms with Crippen LogP contribution in [0.4, 0.5) is 0 Å². The monoisotopic (exact) mass is 285 g/mol. The first kappa shape index (κ1) is 15.3. The molecule has 0 spiro atoms. The van der Waals surface area contributed by atoms with Gasteiger partial charge in [0.25, 0.3) is 5.91 Å². The molecule has 0 unspecified atom stereocenters. The van der Waals surface area contributed by atoms with Gasteiger partial charge < -0.3 is 9.88 Å². The number of aryl methyl sites for hydroxylation is 1. The van der Waals surface area contributed by atoms with Gasteiger partial charge in [-0.05, 0) is 37.0 Å². The maximum absolute atomic E-state index is 12.0. The summed E-state index contributed by atoms with van der Waals surface area (Å²) in [7, 11) is 0. The van der Waals surface area contributed by atoms with E-state index in [0.717, 1.165) is 30.9 Å². The molecule has 0 saturated heterocycles. The van der Waals surface area contributed by atoms with Gasteiger partial charge in [-0.3, -0.25) is 4.79 Å². The molecule has 1 amide bonds. The van der Waals surface area contributed by atoms with Crippen LogP contribution in [0.2, 0.25) is 0 Å². The molecule has 4 nitrogen and oxygen atoms in total. The van der Waals surface area contributed by atoms with Crippen LogP contribution in [0.3, 0.4) is 0 Å². The van der Waals surface area contributed by atoms with E-state index in [9.17, 15) is 4.79 Å². The van der Waals surface area contributed by atoms with E-state index in [2.05, 4.69) is 28.7 Å². The second-order valence-corrected chi connectivity index (χ2v) is 5.74. The Morgan fingerprint density at radius 3 is 2.57 bits per heavy atom. The van der Waals surface area contributed by atoms with E-state index >= 15 is 0 Å². The van der Waals surface area contributed by atoms with Gasteiger partial charge in [-0.15, -0.1) is 0 Å². The molecule has 0 aliphatic carbocycles. The summed E-state index contributed by atoms with van der Waals surface area (Å²) < 4.78 is 2.08. The summed E-state index contributed by atoms with van der Waals surface area (Å²) in [5.74, 6) is 1.60. The number of amides is 1. The first-order chi connectivity index (χ1) is 10.1. The summed E-state index contributed by atoms with van der Waals surface area (Å²) in [5.41, 5.74) is 1.87. The third-order valence-corrected chi connectivity index (χ3v) is 3.50. The minimum absolute atomic E-state index is 0.000936. The Bertz CT molecular complexity index is 584. The van der Waals surface area contributed by atoms with Gasteiger partial charge >= 0.3 is 0 Å². The second kappa shape index (κ2) is 7.07. The lowest BCUT2D eigenvalue weighted by Crippen LogP contribution is -2.25. The van der Waals surface area contributed by atoms with E-state index in [1.807, 2.05) is 37.4 Å². The number of carbonyl (C=O) groups excluding carboxylic acids is 1. The van der Waals surface area contributed by atoms with Crippen molar-refractivity contribution in [2.75, 3.05) is 6.54 Å². The largest absolute Gasteiger partial charge is 0.352 e. The minimum Gasteiger partial charge on any atom is -0.352 e.